The lowest BCUT2D eigenvalue weighted by molar-refractivity contribution is -0.121. The first kappa shape index (κ1) is 19.3. The van der Waals surface area contributed by atoms with Gasteiger partial charge in [-0.1, -0.05) is 36.4 Å². The van der Waals surface area contributed by atoms with Crippen LogP contribution in [0.2, 0.25) is 0 Å². The number of carbonyl (C=O) groups is 1. The molecular weight excluding hydrogens is 312 g/mol. The summed E-state index contributed by atoms with van der Waals surface area (Å²) in [5.74, 6) is 0.950. The van der Waals surface area contributed by atoms with Gasteiger partial charge in [-0.3, -0.25) is 4.79 Å². The van der Waals surface area contributed by atoms with Crippen molar-refractivity contribution in [1.82, 2.24) is 10.6 Å². The van der Waals surface area contributed by atoms with Crippen molar-refractivity contribution in [1.29, 1.82) is 0 Å². The largest absolute Gasteiger partial charge is 0.493 e. The van der Waals surface area contributed by atoms with Crippen LogP contribution in [0.25, 0.3) is 10.8 Å². The lowest BCUT2D eigenvalue weighted by Gasteiger charge is -2.12. The molecule has 0 radical (unpaired) electrons. The van der Waals surface area contributed by atoms with E-state index < -0.39 is 0 Å². The van der Waals surface area contributed by atoms with Gasteiger partial charge in [0.25, 0.3) is 0 Å². The average Bonchev–Trinajstić information content (AvgIpc) is 2.56. The minimum atomic E-state index is 0. The van der Waals surface area contributed by atoms with E-state index in [1.54, 1.807) is 0 Å². The highest BCUT2D eigenvalue weighted by Crippen LogP contribution is 2.25. The van der Waals surface area contributed by atoms with Crippen LogP contribution >= 0.6 is 12.4 Å². The summed E-state index contributed by atoms with van der Waals surface area (Å²) >= 11 is 0. The van der Waals surface area contributed by atoms with Crippen molar-refractivity contribution in [2.75, 3.05) is 20.2 Å². The highest BCUT2D eigenvalue weighted by atomic mass is 35.5. The second-order valence-electron chi connectivity index (χ2n) is 5.42. The highest BCUT2D eigenvalue weighted by molar-refractivity contribution is 5.88. The Morgan fingerprint density at radius 1 is 1.17 bits per heavy atom. The number of rotatable bonds is 8. The SMILES string of the molecule is CNC(C)CNC(=O)CCCOc1cccc2ccccc12.Cl. The van der Waals surface area contributed by atoms with E-state index in [2.05, 4.69) is 28.8 Å². The number of fused-ring (bicyclic) bond motifs is 1. The Morgan fingerprint density at radius 3 is 2.70 bits per heavy atom. The average molecular weight is 337 g/mol. The van der Waals surface area contributed by atoms with E-state index in [-0.39, 0.29) is 24.4 Å². The van der Waals surface area contributed by atoms with Crippen LogP contribution in [-0.2, 0) is 4.79 Å². The van der Waals surface area contributed by atoms with Crippen LogP contribution in [0.15, 0.2) is 42.5 Å². The second-order valence-corrected chi connectivity index (χ2v) is 5.42. The molecule has 0 spiro atoms. The maximum absolute atomic E-state index is 11.7. The van der Waals surface area contributed by atoms with E-state index in [1.165, 1.54) is 5.39 Å². The minimum absolute atomic E-state index is 0. The molecule has 1 unspecified atom stereocenters. The Labute approximate surface area is 144 Å². The lowest BCUT2D eigenvalue weighted by atomic mass is 10.1. The normalized spacial score (nSPS) is 11.6. The summed E-state index contributed by atoms with van der Waals surface area (Å²) in [5, 5.41) is 8.27. The third kappa shape index (κ3) is 6.08. The minimum Gasteiger partial charge on any atom is -0.493 e. The molecule has 0 aromatic heterocycles. The fraction of sp³-hybridized carbons (Fsp3) is 0.389. The van der Waals surface area contributed by atoms with Gasteiger partial charge >= 0.3 is 0 Å². The first-order valence-corrected chi connectivity index (χ1v) is 7.75. The molecule has 2 N–H and O–H groups in total. The Kier molecular flexibility index (Phi) is 8.45. The molecule has 0 heterocycles. The van der Waals surface area contributed by atoms with E-state index in [0.29, 0.717) is 26.0 Å². The van der Waals surface area contributed by atoms with E-state index in [4.69, 9.17) is 4.74 Å². The van der Waals surface area contributed by atoms with E-state index in [0.717, 1.165) is 11.1 Å². The number of hydrogen-bond donors (Lipinski definition) is 2. The van der Waals surface area contributed by atoms with Crippen LogP contribution in [0.1, 0.15) is 19.8 Å². The van der Waals surface area contributed by atoms with Crippen molar-refractivity contribution < 1.29 is 9.53 Å². The number of ether oxygens (including phenoxy) is 1. The number of hydrogen-bond acceptors (Lipinski definition) is 3. The molecule has 0 aliphatic rings. The Balaban J connectivity index is 0.00000264. The summed E-state index contributed by atoms with van der Waals surface area (Å²) in [6, 6.07) is 14.5. The summed E-state index contributed by atoms with van der Waals surface area (Å²) in [6.07, 6.45) is 1.20. The van der Waals surface area contributed by atoms with E-state index in [9.17, 15) is 4.79 Å². The fourth-order valence-corrected chi connectivity index (χ4v) is 2.19. The third-order valence-corrected chi connectivity index (χ3v) is 3.65. The molecular formula is C18H25ClN2O2. The lowest BCUT2D eigenvalue weighted by Crippen LogP contribution is -2.37. The Bertz CT molecular complexity index is 613. The van der Waals surface area contributed by atoms with E-state index in [1.807, 2.05) is 38.2 Å². The Hall–Kier alpha value is -1.78. The zero-order chi connectivity index (χ0) is 15.8. The molecule has 126 valence electrons. The number of amides is 1. The van der Waals surface area contributed by atoms with Crippen molar-refractivity contribution >= 4 is 29.1 Å². The van der Waals surface area contributed by atoms with Crippen molar-refractivity contribution in [3.8, 4) is 5.75 Å². The molecule has 4 nitrogen and oxygen atoms in total. The van der Waals surface area contributed by atoms with Gasteiger partial charge in [0, 0.05) is 24.4 Å². The van der Waals surface area contributed by atoms with Crippen molar-refractivity contribution in [2.24, 2.45) is 0 Å². The molecule has 0 bridgehead atoms. The van der Waals surface area contributed by atoms with E-state index >= 15 is 0 Å². The monoisotopic (exact) mass is 336 g/mol. The van der Waals surface area contributed by atoms with Crippen LogP contribution in [0.5, 0.6) is 5.75 Å². The number of nitrogens with one attached hydrogen (secondary N) is 2. The smallest absolute Gasteiger partial charge is 0.220 e. The molecule has 0 aliphatic carbocycles. The molecule has 1 atom stereocenters. The molecule has 0 fully saturated rings. The summed E-state index contributed by atoms with van der Waals surface area (Å²) in [6.45, 7) is 3.23. The summed E-state index contributed by atoms with van der Waals surface area (Å²) in [4.78, 5) is 11.7. The summed E-state index contributed by atoms with van der Waals surface area (Å²) in [7, 11) is 1.88. The number of likely N-dealkylation sites (N-methyl/N-ethyl adjacent to an activating group) is 1. The Morgan fingerprint density at radius 2 is 1.91 bits per heavy atom. The van der Waals surface area contributed by atoms with Crippen molar-refractivity contribution in [3.05, 3.63) is 42.5 Å². The van der Waals surface area contributed by atoms with Crippen LogP contribution in [0.4, 0.5) is 0 Å². The number of carbonyl (C=O) groups excluding carboxylic acids is 1. The molecule has 2 aromatic rings. The zero-order valence-electron chi connectivity index (χ0n) is 13.7. The second kappa shape index (κ2) is 10.1. The predicted molar refractivity (Wildman–Crippen MR) is 97.5 cm³/mol. The van der Waals surface area contributed by atoms with Gasteiger partial charge < -0.3 is 15.4 Å². The van der Waals surface area contributed by atoms with Crippen LogP contribution in [0, 0.1) is 0 Å². The maximum atomic E-state index is 11.7. The van der Waals surface area contributed by atoms with Gasteiger partial charge in [-0.25, -0.2) is 0 Å². The number of halogens is 1. The topological polar surface area (TPSA) is 50.4 Å². The predicted octanol–water partition coefficient (Wildman–Crippen LogP) is 3.14. The van der Waals surface area contributed by atoms with Crippen molar-refractivity contribution in [3.63, 3.8) is 0 Å². The zero-order valence-corrected chi connectivity index (χ0v) is 14.5. The third-order valence-electron chi connectivity index (χ3n) is 3.65. The van der Waals surface area contributed by atoms with Gasteiger partial charge in [-0.05, 0) is 31.8 Å². The quantitative estimate of drug-likeness (QED) is 0.728. The van der Waals surface area contributed by atoms with Gasteiger partial charge in [0.05, 0.1) is 6.61 Å². The standard InChI is InChI=1S/C18H24N2O2.ClH/c1-14(19-2)13-20-18(21)11-6-12-22-17-10-5-8-15-7-3-4-9-16(15)17;/h3-5,7-10,14,19H,6,11-13H2,1-2H3,(H,20,21);1H. The molecule has 2 aromatic carbocycles. The van der Waals surface area contributed by atoms with Gasteiger partial charge in [0.2, 0.25) is 5.91 Å². The van der Waals surface area contributed by atoms with Crippen LogP contribution < -0.4 is 15.4 Å². The highest BCUT2D eigenvalue weighted by Gasteiger charge is 2.05. The molecule has 0 aliphatic heterocycles. The molecule has 5 heteroatoms. The van der Waals surface area contributed by atoms with Crippen molar-refractivity contribution in [2.45, 2.75) is 25.8 Å². The molecule has 0 saturated heterocycles. The first-order chi connectivity index (χ1) is 10.7. The molecule has 0 saturated carbocycles. The van der Waals surface area contributed by atoms with Gasteiger partial charge in [0.15, 0.2) is 0 Å². The molecule has 1 amide bonds. The fourth-order valence-electron chi connectivity index (χ4n) is 2.19. The van der Waals surface area contributed by atoms with Crippen LogP contribution in [-0.4, -0.2) is 32.1 Å². The van der Waals surface area contributed by atoms with Gasteiger partial charge in [0.1, 0.15) is 5.75 Å². The maximum Gasteiger partial charge on any atom is 0.220 e. The number of benzene rings is 2. The first-order valence-electron chi connectivity index (χ1n) is 7.75. The van der Waals surface area contributed by atoms with Gasteiger partial charge in [-0.2, -0.15) is 0 Å². The van der Waals surface area contributed by atoms with Crippen LogP contribution in [0.3, 0.4) is 0 Å². The summed E-state index contributed by atoms with van der Waals surface area (Å²) in [5.41, 5.74) is 0. The summed E-state index contributed by atoms with van der Waals surface area (Å²) < 4.78 is 5.82. The van der Waals surface area contributed by atoms with Gasteiger partial charge in [-0.15, -0.1) is 12.4 Å². The molecule has 2 rings (SSSR count). The molecule has 23 heavy (non-hydrogen) atoms.